The second-order valence-corrected chi connectivity index (χ2v) is 7.87. The van der Waals surface area contributed by atoms with E-state index in [1.807, 2.05) is 6.92 Å². The molecule has 0 radical (unpaired) electrons. The lowest BCUT2D eigenvalue weighted by Crippen LogP contribution is -2.34. The Hall–Kier alpha value is -3.65. The molecule has 0 aromatic heterocycles. The van der Waals surface area contributed by atoms with Crippen molar-refractivity contribution in [2.24, 2.45) is 0 Å². The highest BCUT2D eigenvalue weighted by atomic mass is 35.5. The van der Waals surface area contributed by atoms with Gasteiger partial charge in [-0.1, -0.05) is 49.2 Å². The highest BCUT2D eigenvalue weighted by Gasteiger charge is 2.47. The average Bonchev–Trinajstić information content (AvgIpc) is 2.77. The van der Waals surface area contributed by atoms with Gasteiger partial charge >= 0.3 is 5.70 Å². The fraction of sp³-hybridized carbons (Fsp3) is 0.217. The highest BCUT2D eigenvalue weighted by Crippen LogP contribution is 2.47. The third kappa shape index (κ3) is 3.52. The number of unbranched alkanes of at least 4 members (excludes halogenated alkanes) is 1. The van der Waals surface area contributed by atoms with Crippen molar-refractivity contribution < 1.29 is 24.4 Å². The molecule has 32 heavy (non-hydrogen) atoms. The van der Waals surface area contributed by atoms with Crippen LogP contribution in [-0.4, -0.2) is 28.1 Å². The predicted octanol–water partition coefficient (Wildman–Crippen LogP) is 4.39. The van der Waals surface area contributed by atoms with Crippen molar-refractivity contribution in [1.82, 2.24) is 5.32 Å². The molecule has 164 valence electrons. The van der Waals surface area contributed by atoms with E-state index >= 15 is 0 Å². The lowest BCUT2D eigenvalue weighted by atomic mass is 9.77. The van der Waals surface area contributed by atoms with E-state index in [1.54, 1.807) is 18.2 Å². The molecular weight excluding hydrogens is 436 g/mol. The molecule has 2 aliphatic rings. The summed E-state index contributed by atoms with van der Waals surface area (Å²) in [4.78, 5) is 37.4. The van der Waals surface area contributed by atoms with Crippen molar-refractivity contribution in [3.05, 3.63) is 91.4 Å². The number of carbonyl (C=O) groups is 2. The zero-order valence-corrected chi connectivity index (χ0v) is 17.8. The van der Waals surface area contributed by atoms with Gasteiger partial charge < -0.3 is 15.2 Å². The molecule has 2 aromatic rings. The van der Waals surface area contributed by atoms with Crippen LogP contribution in [0.1, 0.15) is 47.2 Å². The molecule has 1 aliphatic heterocycles. The Bertz CT molecular complexity index is 1220. The topological polar surface area (TPSA) is 119 Å². The van der Waals surface area contributed by atoms with Crippen molar-refractivity contribution in [3.63, 3.8) is 0 Å². The molecule has 0 bridgehead atoms. The molecule has 0 saturated heterocycles. The molecule has 1 unspecified atom stereocenters. The van der Waals surface area contributed by atoms with E-state index in [0.29, 0.717) is 6.54 Å². The SMILES string of the molecule is CCCCNC1=C([N+](=O)[O-])C(C2=C(O)c3ccccc3C(=O)C2=O)c2cc(Cl)ccc2O1. The first-order valence-electron chi connectivity index (χ1n) is 10.1. The summed E-state index contributed by atoms with van der Waals surface area (Å²) in [6.07, 6.45) is 1.58. The first kappa shape index (κ1) is 21.6. The highest BCUT2D eigenvalue weighted by molar-refractivity contribution is 6.52. The fourth-order valence-electron chi connectivity index (χ4n) is 3.92. The minimum Gasteiger partial charge on any atom is -0.507 e. The van der Waals surface area contributed by atoms with Gasteiger partial charge in [0.1, 0.15) is 17.4 Å². The van der Waals surface area contributed by atoms with Gasteiger partial charge in [-0.25, -0.2) is 0 Å². The maximum Gasteiger partial charge on any atom is 0.317 e. The monoisotopic (exact) mass is 454 g/mol. The third-order valence-corrected chi connectivity index (χ3v) is 5.67. The second-order valence-electron chi connectivity index (χ2n) is 7.44. The van der Waals surface area contributed by atoms with Gasteiger partial charge in [-0.3, -0.25) is 19.7 Å². The van der Waals surface area contributed by atoms with Gasteiger partial charge in [-0.15, -0.1) is 0 Å². The predicted molar refractivity (Wildman–Crippen MR) is 117 cm³/mol. The van der Waals surface area contributed by atoms with E-state index in [9.17, 15) is 24.8 Å². The average molecular weight is 455 g/mol. The van der Waals surface area contributed by atoms with Crippen molar-refractivity contribution in [2.45, 2.75) is 25.7 Å². The molecule has 2 N–H and O–H groups in total. The summed E-state index contributed by atoms with van der Waals surface area (Å²) in [5, 5.41) is 26.4. The number of halogens is 1. The number of aliphatic hydroxyl groups excluding tert-OH is 1. The molecule has 2 aromatic carbocycles. The first-order chi connectivity index (χ1) is 15.3. The Kier molecular flexibility index (Phi) is 5.71. The second kappa shape index (κ2) is 8.47. The van der Waals surface area contributed by atoms with E-state index in [0.717, 1.165) is 12.8 Å². The Morgan fingerprint density at radius 2 is 1.88 bits per heavy atom. The minimum absolute atomic E-state index is 0.0463. The molecule has 0 spiro atoms. The number of Topliss-reactive ketones (excluding diaryl/α,β-unsaturated/α-hetero) is 2. The summed E-state index contributed by atoms with van der Waals surface area (Å²) < 4.78 is 5.76. The zero-order chi connectivity index (χ0) is 23.0. The zero-order valence-electron chi connectivity index (χ0n) is 17.1. The van der Waals surface area contributed by atoms with Crippen molar-refractivity contribution in [1.29, 1.82) is 0 Å². The molecular formula is C23H19ClN2O6. The Labute approximate surface area is 188 Å². The molecule has 4 rings (SSSR count). The summed E-state index contributed by atoms with van der Waals surface area (Å²) in [7, 11) is 0. The largest absolute Gasteiger partial charge is 0.507 e. The van der Waals surface area contributed by atoms with Crippen LogP contribution in [0.25, 0.3) is 5.76 Å². The maximum atomic E-state index is 13.1. The molecule has 8 nitrogen and oxygen atoms in total. The number of allylic oxidation sites excluding steroid dienone is 1. The van der Waals surface area contributed by atoms with Crippen LogP contribution in [0, 0.1) is 10.1 Å². The summed E-state index contributed by atoms with van der Waals surface area (Å²) in [6.45, 7) is 2.37. The van der Waals surface area contributed by atoms with Crippen LogP contribution in [-0.2, 0) is 4.79 Å². The number of hydrogen-bond donors (Lipinski definition) is 2. The quantitative estimate of drug-likeness (QED) is 0.287. The summed E-state index contributed by atoms with van der Waals surface area (Å²) in [5.74, 6) is -3.58. The summed E-state index contributed by atoms with van der Waals surface area (Å²) >= 11 is 6.14. The number of rotatable bonds is 6. The van der Waals surface area contributed by atoms with Gasteiger partial charge in [-0.2, -0.15) is 0 Å². The number of carbonyl (C=O) groups excluding carboxylic acids is 2. The van der Waals surface area contributed by atoms with Gasteiger partial charge in [0.25, 0.3) is 5.88 Å². The van der Waals surface area contributed by atoms with E-state index in [-0.39, 0.29) is 38.9 Å². The van der Waals surface area contributed by atoms with Crippen molar-refractivity contribution in [3.8, 4) is 5.75 Å². The van der Waals surface area contributed by atoms with E-state index < -0.39 is 33.9 Å². The van der Waals surface area contributed by atoms with Crippen LogP contribution in [0.5, 0.6) is 5.75 Å². The molecule has 9 heteroatoms. The van der Waals surface area contributed by atoms with Crippen molar-refractivity contribution >= 4 is 28.9 Å². The number of aliphatic hydroxyl groups is 1. The van der Waals surface area contributed by atoms with Gasteiger partial charge in [0.15, 0.2) is 0 Å². The summed E-state index contributed by atoms with van der Waals surface area (Å²) in [6, 6.07) is 10.6. The molecule has 0 saturated carbocycles. The number of fused-ring (bicyclic) bond motifs is 2. The number of ether oxygens (including phenoxy) is 1. The normalized spacial score (nSPS) is 17.6. The van der Waals surface area contributed by atoms with Crippen molar-refractivity contribution in [2.75, 3.05) is 6.54 Å². The fourth-order valence-corrected chi connectivity index (χ4v) is 4.10. The van der Waals surface area contributed by atoms with Crippen LogP contribution in [0.2, 0.25) is 5.02 Å². The lowest BCUT2D eigenvalue weighted by molar-refractivity contribution is -0.433. The van der Waals surface area contributed by atoms with Crippen LogP contribution >= 0.6 is 11.6 Å². The number of benzene rings is 2. The lowest BCUT2D eigenvalue weighted by Gasteiger charge is -2.29. The molecule has 0 fully saturated rings. The number of nitrogens with zero attached hydrogens (tertiary/aromatic N) is 1. The third-order valence-electron chi connectivity index (χ3n) is 5.43. The first-order valence-corrected chi connectivity index (χ1v) is 10.4. The number of hydrogen-bond acceptors (Lipinski definition) is 7. The number of nitro groups is 1. The van der Waals surface area contributed by atoms with E-state index in [4.69, 9.17) is 16.3 Å². The standard InChI is InChI=1S/C23H19ClN2O6/c1-2-3-10-25-23-19(26(30)31)17(15-11-12(24)8-9-16(15)32-23)18-20(27)13-6-4-5-7-14(13)21(28)22(18)29/h4-9,11,17,25,27H,2-3,10H2,1H3. The smallest absolute Gasteiger partial charge is 0.317 e. The molecule has 1 aliphatic carbocycles. The molecule has 0 amide bonds. The van der Waals surface area contributed by atoms with Crippen LogP contribution < -0.4 is 10.1 Å². The van der Waals surface area contributed by atoms with Crippen LogP contribution in [0.15, 0.2) is 59.6 Å². The number of nitrogens with one attached hydrogen (secondary N) is 1. The molecule has 1 atom stereocenters. The van der Waals surface area contributed by atoms with Crippen LogP contribution in [0.3, 0.4) is 0 Å². The Balaban J connectivity index is 1.99. The summed E-state index contributed by atoms with van der Waals surface area (Å²) in [5.41, 5.74) is -0.442. The Morgan fingerprint density at radius 3 is 2.56 bits per heavy atom. The number of ketones is 2. The van der Waals surface area contributed by atoms with Gasteiger partial charge in [0.2, 0.25) is 11.6 Å². The maximum absolute atomic E-state index is 13.1. The van der Waals surface area contributed by atoms with Crippen LogP contribution in [0.4, 0.5) is 0 Å². The van der Waals surface area contributed by atoms with Gasteiger partial charge in [-0.05, 0) is 24.6 Å². The van der Waals surface area contributed by atoms with Gasteiger partial charge in [0.05, 0.1) is 10.5 Å². The molecule has 1 heterocycles. The van der Waals surface area contributed by atoms with Gasteiger partial charge in [0, 0.05) is 28.3 Å². The van der Waals surface area contributed by atoms with E-state index in [2.05, 4.69) is 5.32 Å². The minimum atomic E-state index is -1.36. The Morgan fingerprint density at radius 1 is 1.16 bits per heavy atom. The van der Waals surface area contributed by atoms with E-state index in [1.165, 1.54) is 24.3 Å².